The largest absolute Gasteiger partial charge is 0.192 e. The Balaban J connectivity index is 3.91. The van der Waals surface area contributed by atoms with Crippen LogP contribution in [-0.2, 0) is 0 Å². The van der Waals surface area contributed by atoms with Crippen LogP contribution in [0.1, 0.15) is 0 Å². The Labute approximate surface area is 53.7 Å². The van der Waals surface area contributed by atoms with Gasteiger partial charge in [0.1, 0.15) is 6.07 Å². The van der Waals surface area contributed by atoms with Gasteiger partial charge in [-0.15, -0.1) is 11.8 Å². The average molecular weight is 125 g/mol. The number of nitrogens with zero attached hydrogens (tertiary/aromatic N) is 1. The lowest BCUT2D eigenvalue weighted by molar-refractivity contribution is 1.53. The van der Waals surface area contributed by atoms with E-state index in [1.807, 2.05) is 12.3 Å². The fraction of sp³-hybridized carbons (Fsp3) is 0.167. The van der Waals surface area contributed by atoms with Crippen LogP contribution < -0.4 is 0 Å². The summed E-state index contributed by atoms with van der Waals surface area (Å²) in [5, 5.41) is 8.27. The van der Waals surface area contributed by atoms with Crippen molar-refractivity contribution in [1.82, 2.24) is 0 Å². The van der Waals surface area contributed by atoms with Crippen LogP contribution >= 0.6 is 11.8 Å². The monoisotopic (exact) mass is 125 g/mol. The maximum absolute atomic E-state index is 8.27. The maximum atomic E-state index is 8.27. The molecular weight excluding hydrogens is 118 g/mol. The van der Waals surface area contributed by atoms with Crippen molar-refractivity contribution in [2.75, 3.05) is 6.26 Å². The molecule has 8 heavy (non-hydrogen) atoms. The van der Waals surface area contributed by atoms with Crippen molar-refractivity contribution in [2.24, 2.45) is 0 Å². The Kier molecular flexibility index (Phi) is 4.10. The van der Waals surface area contributed by atoms with E-state index in [2.05, 4.69) is 6.58 Å². The van der Waals surface area contributed by atoms with Gasteiger partial charge < -0.3 is 0 Å². The quantitative estimate of drug-likeness (QED) is 0.416. The number of nitriles is 1. The summed E-state index contributed by atoms with van der Waals surface area (Å²) in [6, 6.07) is 2.01. The van der Waals surface area contributed by atoms with Gasteiger partial charge in [0.25, 0.3) is 0 Å². The molecule has 0 heterocycles. The first-order chi connectivity index (χ1) is 3.85. The molecule has 42 valence electrons. The van der Waals surface area contributed by atoms with Crippen LogP contribution in [0.2, 0.25) is 0 Å². The zero-order chi connectivity index (χ0) is 6.41. The van der Waals surface area contributed by atoms with Crippen LogP contribution in [0.3, 0.4) is 0 Å². The van der Waals surface area contributed by atoms with E-state index in [0.29, 0.717) is 4.91 Å². The molecule has 0 aromatic rings. The highest BCUT2D eigenvalue weighted by molar-refractivity contribution is 8.02. The van der Waals surface area contributed by atoms with Crippen molar-refractivity contribution in [2.45, 2.75) is 0 Å². The van der Waals surface area contributed by atoms with Crippen LogP contribution in [0.15, 0.2) is 23.6 Å². The van der Waals surface area contributed by atoms with Gasteiger partial charge in [0.05, 0.1) is 4.91 Å². The third kappa shape index (κ3) is 2.49. The van der Waals surface area contributed by atoms with Gasteiger partial charge in [0.15, 0.2) is 0 Å². The summed E-state index contributed by atoms with van der Waals surface area (Å²) in [6.07, 6.45) is 5.15. The van der Waals surface area contributed by atoms with Crippen LogP contribution in [-0.4, -0.2) is 6.26 Å². The molecule has 0 aliphatic heterocycles. The summed E-state index contributed by atoms with van der Waals surface area (Å²) in [7, 11) is 0. The Bertz CT molecular complexity index is 141. The molecule has 0 aromatic heterocycles. The number of hydrogen-bond donors (Lipinski definition) is 0. The number of rotatable bonds is 2. The van der Waals surface area contributed by atoms with E-state index in [4.69, 9.17) is 5.26 Å². The lowest BCUT2D eigenvalue weighted by Crippen LogP contribution is -1.63. The standard InChI is InChI=1S/C6H7NS/c1-3-4-6(5-7)8-2/h3-4H,1H2,2H3. The molecule has 0 spiro atoms. The molecule has 0 aromatic carbocycles. The fourth-order valence-corrected chi connectivity index (χ4v) is 0.582. The molecule has 0 fully saturated rings. The Morgan fingerprint density at radius 1 is 1.88 bits per heavy atom. The molecule has 0 rings (SSSR count). The molecule has 0 bridgehead atoms. The van der Waals surface area contributed by atoms with Gasteiger partial charge in [-0.05, 0) is 12.3 Å². The summed E-state index contributed by atoms with van der Waals surface area (Å²) < 4.78 is 0. The molecule has 2 heteroatoms. The first kappa shape index (κ1) is 7.32. The van der Waals surface area contributed by atoms with Crippen LogP contribution in [0, 0.1) is 11.3 Å². The molecule has 1 nitrogen and oxygen atoms in total. The van der Waals surface area contributed by atoms with Crippen LogP contribution in [0.25, 0.3) is 0 Å². The Morgan fingerprint density at radius 2 is 2.50 bits per heavy atom. The van der Waals surface area contributed by atoms with E-state index < -0.39 is 0 Å². The van der Waals surface area contributed by atoms with E-state index >= 15 is 0 Å². The van der Waals surface area contributed by atoms with Gasteiger partial charge in [-0.1, -0.05) is 12.7 Å². The molecule has 0 unspecified atom stereocenters. The van der Waals surface area contributed by atoms with Crippen molar-refractivity contribution in [1.29, 1.82) is 5.26 Å². The smallest absolute Gasteiger partial charge is 0.106 e. The lowest BCUT2D eigenvalue weighted by atomic mass is 10.5. The van der Waals surface area contributed by atoms with Crippen molar-refractivity contribution in [3.05, 3.63) is 23.6 Å². The zero-order valence-corrected chi connectivity index (χ0v) is 5.53. The second kappa shape index (κ2) is 4.48. The predicted molar refractivity (Wildman–Crippen MR) is 37.4 cm³/mol. The summed E-state index contributed by atoms with van der Waals surface area (Å²) in [5.74, 6) is 0. The van der Waals surface area contributed by atoms with Crippen LogP contribution in [0.4, 0.5) is 0 Å². The summed E-state index contributed by atoms with van der Waals surface area (Å²) in [5.41, 5.74) is 0. The minimum atomic E-state index is 0.694. The Hall–Kier alpha value is -0.680. The number of thioether (sulfide) groups is 1. The minimum Gasteiger partial charge on any atom is -0.192 e. The molecule has 0 aliphatic carbocycles. The van der Waals surface area contributed by atoms with Gasteiger partial charge in [0, 0.05) is 0 Å². The van der Waals surface area contributed by atoms with Crippen molar-refractivity contribution in [3.8, 4) is 6.07 Å². The van der Waals surface area contributed by atoms with E-state index in [9.17, 15) is 0 Å². The van der Waals surface area contributed by atoms with Gasteiger partial charge in [-0.25, -0.2) is 0 Å². The van der Waals surface area contributed by atoms with Gasteiger partial charge in [-0.2, -0.15) is 5.26 Å². The third-order valence-electron chi connectivity index (χ3n) is 0.599. The number of hydrogen-bond acceptors (Lipinski definition) is 2. The normalized spacial score (nSPS) is 10.2. The number of allylic oxidation sites excluding steroid dienone is 3. The summed E-state index contributed by atoms with van der Waals surface area (Å²) >= 11 is 1.42. The molecule has 0 atom stereocenters. The van der Waals surface area contributed by atoms with E-state index in [1.54, 1.807) is 12.2 Å². The first-order valence-electron chi connectivity index (χ1n) is 2.12. The SMILES string of the molecule is C=CC=C(C#N)SC. The molecule has 0 N–H and O–H groups in total. The first-order valence-corrected chi connectivity index (χ1v) is 3.34. The third-order valence-corrected chi connectivity index (χ3v) is 1.27. The topological polar surface area (TPSA) is 23.8 Å². The second-order valence-corrected chi connectivity index (χ2v) is 1.93. The highest BCUT2D eigenvalue weighted by atomic mass is 32.2. The maximum Gasteiger partial charge on any atom is 0.106 e. The predicted octanol–water partition coefficient (Wildman–Crippen LogP) is 1.94. The second-order valence-electron chi connectivity index (χ2n) is 1.08. The molecule has 0 radical (unpaired) electrons. The minimum absolute atomic E-state index is 0.694. The zero-order valence-electron chi connectivity index (χ0n) is 4.72. The molecule has 0 amide bonds. The summed E-state index contributed by atoms with van der Waals surface area (Å²) in [4.78, 5) is 0.694. The van der Waals surface area contributed by atoms with E-state index in [-0.39, 0.29) is 0 Å². The van der Waals surface area contributed by atoms with Gasteiger partial charge in [0.2, 0.25) is 0 Å². The molecule has 0 aliphatic rings. The van der Waals surface area contributed by atoms with Gasteiger partial charge >= 0.3 is 0 Å². The van der Waals surface area contributed by atoms with Crippen molar-refractivity contribution in [3.63, 3.8) is 0 Å². The fourth-order valence-electron chi connectivity index (χ4n) is 0.258. The van der Waals surface area contributed by atoms with Crippen molar-refractivity contribution >= 4 is 11.8 Å². The average Bonchev–Trinajstić information content (AvgIpc) is 1.83. The van der Waals surface area contributed by atoms with E-state index in [1.165, 1.54) is 11.8 Å². The van der Waals surface area contributed by atoms with Crippen LogP contribution in [0.5, 0.6) is 0 Å². The molecule has 0 saturated heterocycles. The molecule has 0 saturated carbocycles. The lowest BCUT2D eigenvalue weighted by Gasteiger charge is -1.82. The highest BCUT2D eigenvalue weighted by Gasteiger charge is 1.83. The summed E-state index contributed by atoms with van der Waals surface area (Å²) in [6.45, 7) is 3.46. The Morgan fingerprint density at radius 3 is 2.62 bits per heavy atom. The van der Waals surface area contributed by atoms with E-state index in [0.717, 1.165) is 0 Å². The van der Waals surface area contributed by atoms with Crippen molar-refractivity contribution < 1.29 is 0 Å². The molecular formula is C6H7NS. The van der Waals surface area contributed by atoms with Gasteiger partial charge in [-0.3, -0.25) is 0 Å². The highest BCUT2D eigenvalue weighted by Crippen LogP contribution is 2.08.